The van der Waals surface area contributed by atoms with Gasteiger partial charge < -0.3 is 4.90 Å². The minimum absolute atomic E-state index is 0.374. The van der Waals surface area contributed by atoms with Gasteiger partial charge in [0.05, 0.1) is 0 Å². The molecule has 26 heavy (non-hydrogen) atoms. The molecule has 7 nitrogen and oxygen atoms in total. The van der Waals surface area contributed by atoms with E-state index < -0.39 is 0 Å². The molecule has 0 fully saturated rings. The van der Waals surface area contributed by atoms with Gasteiger partial charge in [-0.3, -0.25) is 15.6 Å². The highest BCUT2D eigenvalue weighted by atomic mass is 32.1. The first kappa shape index (κ1) is 17.8. The van der Waals surface area contributed by atoms with Crippen molar-refractivity contribution in [3.8, 4) is 10.6 Å². The predicted octanol–water partition coefficient (Wildman–Crippen LogP) is 4.09. The van der Waals surface area contributed by atoms with Crippen LogP contribution >= 0.6 is 11.3 Å². The average molecular weight is 368 g/mol. The topological polar surface area (TPSA) is 83.0 Å². The molecule has 134 valence electrons. The third kappa shape index (κ3) is 4.34. The molecule has 0 aliphatic carbocycles. The molecule has 0 saturated heterocycles. The Morgan fingerprint density at radius 1 is 1.04 bits per heavy atom. The maximum Gasteiger partial charge on any atom is 0.326 e. The van der Waals surface area contributed by atoms with Crippen LogP contribution in [0.2, 0.25) is 0 Å². The Balaban J connectivity index is 1.65. The Morgan fingerprint density at radius 2 is 1.77 bits per heavy atom. The molecule has 0 spiro atoms. The van der Waals surface area contributed by atoms with Gasteiger partial charge in [0.1, 0.15) is 22.5 Å². The smallest absolute Gasteiger partial charge is 0.326 e. The Hall–Kier alpha value is -3.00. The second kappa shape index (κ2) is 8.39. The van der Waals surface area contributed by atoms with Gasteiger partial charge in [0, 0.05) is 36.4 Å². The van der Waals surface area contributed by atoms with Gasteiger partial charge in [0.25, 0.3) is 0 Å². The fourth-order valence-electron chi connectivity index (χ4n) is 2.44. The summed E-state index contributed by atoms with van der Waals surface area (Å²) in [6.45, 7) is 5.85. The van der Waals surface area contributed by atoms with E-state index >= 15 is 0 Å². The Bertz CT molecular complexity index is 863. The van der Waals surface area contributed by atoms with E-state index in [0.717, 1.165) is 29.5 Å². The second-order valence-corrected chi connectivity index (χ2v) is 6.26. The number of hydrogen-bond donors (Lipinski definition) is 2. The van der Waals surface area contributed by atoms with E-state index in [1.165, 1.54) is 11.3 Å². The van der Waals surface area contributed by atoms with Crippen molar-refractivity contribution in [2.75, 3.05) is 28.6 Å². The number of carbonyl (C=O) groups is 1. The summed E-state index contributed by atoms with van der Waals surface area (Å²) >= 11 is 1.46. The van der Waals surface area contributed by atoms with Crippen LogP contribution in [0.4, 0.5) is 22.2 Å². The van der Waals surface area contributed by atoms with Crippen molar-refractivity contribution in [3.05, 3.63) is 48.1 Å². The first-order valence-electron chi connectivity index (χ1n) is 8.35. The maximum absolute atomic E-state index is 12.2. The Morgan fingerprint density at radius 3 is 2.50 bits per heavy atom. The monoisotopic (exact) mass is 368 g/mol. The summed E-state index contributed by atoms with van der Waals surface area (Å²) in [7, 11) is 0. The van der Waals surface area contributed by atoms with Crippen molar-refractivity contribution in [1.29, 1.82) is 0 Å². The zero-order chi connectivity index (χ0) is 18.4. The fraction of sp³-hybridized carbons (Fsp3) is 0.222. The molecule has 8 heteroatoms. The number of carbonyl (C=O) groups excluding carboxylic acids is 1. The number of rotatable bonds is 6. The Kier molecular flexibility index (Phi) is 5.75. The van der Waals surface area contributed by atoms with Crippen molar-refractivity contribution in [2.24, 2.45) is 0 Å². The van der Waals surface area contributed by atoms with Crippen LogP contribution in [0, 0.1) is 0 Å². The zero-order valence-corrected chi connectivity index (χ0v) is 15.5. The van der Waals surface area contributed by atoms with E-state index in [4.69, 9.17) is 0 Å². The van der Waals surface area contributed by atoms with Crippen molar-refractivity contribution >= 4 is 34.8 Å². The zero-order valence-electron chi connectivity index (χ0n) is 14.6. The summed E-state index contributed by atoms with van der Waals surface area (Å²) in [5.41, 5.74) is 0.965. The summed E-state index contributed by atoms with van der Waals surface area (Å²) in [4.78, 5) is 27.2. The van der Waals surface area contributed by atoms with E-state index in [1.807, 2.05) is 24.3 Å². The van der Waals surface area contributed by atoms with Gasteiger partial charge in [-0.1, -0.05) is 6.07 Å². The van der Waals surface area contributed by atoms with Crippen LogP contribution in [-0.4, -0.2) is 34.1 Å². The Labute approximate surface area is 156 Å². The van der Waals surface area contributed by atoms with E-state index in [-0.39, 0.29) is 6.03 Å². The van der Waals surface area contributed by atoms with E-state index in [2.05, 4.69) is 44.3 Å². The summed E-state index contributed by atoms with van der Waals surface area (Å²) in [5.74, 6) is 1.83. The molecule has 2 amide bonds. The standard InChI is InChI=1S/C18H20N6OS/c1-3-24(4-2)16-7-5-6-14(20-16)22-18(25)23-15-12-26-17(21-15)13-8-10-19-11-9-13/h5-12H,3-4H2,1-2H3,(H2,20,22,23,25). The lowest BCUT2D eigenvalue weighted by molar-refractivity contribution is 0.262. The highest BCUT2D eigenvalue weighted by molar-refractivity contribution is 7.13. The lowest BCUT2D eigenvalue weighted by Gasteiger charge is -2.20. The van der Waals surface area contributed by atoms with Gasteiger partial charge in [-0.05, 0) is 38.1 Å². The highest BCUT2D eigenvalue weighted by Gasteiger charge is 2.10. The summed E-state index contributed by atoms with van der Waals surface area (Å²) < 4.78 is 0. The lowest BCUT2D eigenvalue weighted by atomic mass is 10.3. The fourth-order valence-corrected chi connectivity index (χ4v) is 3.20. The van der Waals surface area contributed by atoms with Gasteiger partial charge in [0.2, 0.25) is 0 Å². The number of urea groups is 1. The average Bonchev–Trinajstić information content (AvgIpc) is 3.12. The van der Waals surface area contributed by atoms with Crippen molar-refractivity contribution < 1.29 is 4.79 Å². The first-order valence-corrected chi connectivity index (χ1v) is 9.23. The number of thiazole rings is 1. The molecule has 2 N–H and O–H groups in total. The van der Waals surface area contributed by atoms with Crippen LogP contribution in [0.15, 0.2) is 48.1 Å². The normalized spacial score (nSPS) is 10.4. The summed E-state index contributed by atoms with van der Waals surface area (Å²) in [5, 5.41) is 8.11. The van der Waals surface area contributed by atoms with Crippen LogP contribution in [0.3, 0.4) is 0 Å². The predicted molar refractivity (Wildman–Crippen MR) is 106 cm³/mol. The van der Waals surface area contributed by atoms with E-state index in [9.17, 15) is 4.79 Å². The molecule has 0 aliphatic rings. The first-order chi connectivity index (χ1) is 12.7. The van der Waals surface area contributed by atoms with Crippen molar-refractivity contribution in [1.82, 2.24) is 15.0 Å². The highest BCUT2D eigenvalue weighted by Crippen LogP contribution is 2.25. The summed E-state index contributed by atoms with van der Waals surface area (Å²) in [6.07, 6.45) is 3.43. The van der Waals surface area contributed by atoms with Crippen molar-refractivity contribution in [3.63, 3.8) is 0 Å². The lowest BCUT2D eigenvalue weighted by Crippen LogP contribution is -2.24. The van der Waals surface area contributed by atoms with Crippen LogP contribution in [0.1, 0.15) is 13.8 Å². The third-order valence-electron chi connectivity index (χ3n) is 3.74. The molecular formula is C18H20N6OS. The number of aromatic nitrogens is 3. The molecule has 0 aromatic carbocycles. The molecule has 3 aromatic heterocycles. The molecule has 0 aliphatic heterocycles. The largest absolute Gasteiger partial charge is 0.357 e. The molecule has 0 bridgehead atoms. The van der Waals surface area contributed by atoms with Gasteiger partial charge in [-0.15, -0.1) is 11.3 Å². The van der Waals surface area contributed by atoms with Crippen LogP contribution in [0.5, 0.6) is 0 Å². The quantitative estimate of drug-likeness (QED) is 0.685. The van der Waals surface area contributed by atoms with Gasteiger partial charge in [-0.25, -0.2) is 14.8 Å². The number of nitrogens with zero attached hydrogens (tertiary/aromatic N) is 4. The van der Waals surface area contributed by atoms with Crippen LogP contribution in [0.25, 0.3) is 10.6 Å². The minimum Gasteiger partial charge on any atom is -0.357 e. The van der Waals surface area contributed by atoms with E-state index in [0.29, 0.717) is 11.6 Å². The molecule has 0 unspecified atom stereocenters. The molecular weight excluding hydrogens is 348 g/mol. The molecule has 3 aromatic rings. The number of hydrogen-bond acceptors (Lipinski definition) is 6. The maximum atomic E-state index is 12.2. The number of pyridine rings is 2. The number of amides is 2. The molecule has 3 rings (SSSR count). The SMILES string of the molecule is CCN(CC)c1cccc(NC(=O)Nc2csc(-c3ccncc3)n2)n1. The van der Waals surface area contributed by atoms with Crippen LogP contribution in [-0.2, 0) is 0 Å². The number of anilines is 3. The van der Waals surface area contributed by atoms with Gasteiger partial charge in [0.15, 0.2) is 0 Å². The molecule has 3 heterocycles. The molecule has 0 radical (unpaired) electrons. The van der Waals surface area contributed by atoms with Gasteiger partial charge in [-0.2, -0.15) is 0 Å². The molecule has 0 atom stereocenters. The number of nitrogens with one attached hydrogen (secondary N) is 2. The summed E-state index contributed by atoms with van der Waals surface area (Å²) in [6, 6.07) is 8.95. The van der Waals surface area contributed by atoms with Crippen molar-refractivity contribution in [2.45, 2.75) is 13.8 Å². The second-order valence-electron chi connectivity index (χ2n) is 5.41. The van der Waals surface area contributed by atoms with E-state index in [1.54, 1.807) is 23.8 Å². The third-order valence-corrected chi connectivity index (χ3v) is 4.63. The van der Waals surface area contributed by atoms with Gasteiger partial charge >= 0.3 is 6.03 Å². The minimum atomic E-state index is -0.374. The molecule has 0 saturated carbocycles. The van der Waals surface area contributed by atoms with Crippen LogP contribution < -0.4 is 15.5 Å².